The molecule has 0 amide bonds. The minimum Gasteiger partial charge on any atom is -0.481 e. The van der Waals surface area contributed by atoms with Crippen molar-refractivity contribution in [2.75, 3.05) is 32.7 Å². The van der Waals surface area contributed by atoms with Crippen LogP contribution in [0.25, 0.3) is 5.69 Å². The van der Waals surface area contributed by atoms with Crippen molar-refractivity contribution in [3.05, 3.63) is 59.4 Å². The summed E-state index contributed by atoms with van der Waals surface area (Å²) in [5.41, 5.74) is 3.26. The van der Waals surface area contributed by atoms with Crippen LogP contribution in [0.2, 0.25) is 0 Å². The molecular weight excluding hydrogens is 480 g/mol. The van der Waals surface area contributed by atoms with Crippen LogP contribution in [0, 0.1) is 13.8 Å². The fourth-order valence-corrected chi connectivity index (χ4v) is 4.14. The molecule has 11 nitrogen and oxygen atoms in total. The molecule has 1 fully saturated rings. The van der Waals surface area contributed by atoms with E-state index >= 15 is 0 Å². The minimum atomic E-state index is -2.74. The second-order valence-electron chi connectivity index (χ2n) is 9.50. The van der Waals surface area contributed by atoms with Crippen LogP contribution in [0.1, 0.15) is 36.7 Å². The first kappa shape index (κ1) is 29.7. The molecule has 11 heteroatoms. The highest BCUT2D eigenvalue weighted by molar-refractivity contribution is 5.88. The molecule has 0 saturated carbocycles. The van der Waals surface area contributed by atoms with Gasteiger partial charge in [0.2, 0.25) is 0 Å². The van der Waals surface area contributed by atoms with E-state index in [-0.39, 0.29) is 0 Å². The Morgan fingerprint density at radius 2 is 1.54 bits per heavy atom. The van der Waals surface area contributed by atoms with Crippen LogP contribution in [0.15, 0.2) is 42.5 Å². The second-order valence-corrected chi connectivity index (χ2v) is 9.50. The van der Waals surface area contributed by atoms with E-state index in [0.29, 0.717) is 0 Å². The van der Waals surface area contributed by atoms with Gasteiger partial charge < -0.3 is 20.4 Å². The number of rotatable bonds is 10. The van der Waals surface area contributed by atoms with Gasteiger partial charge in [-0.05, 0) is 44.5 Å². The molecular formula is C26H36N4O7. The Labute approximate surface area is 216 Å². The van der Waals surface area contributed by atoms with Gasteiger partial charge in [-0.3, -0.25) is 19.4 Å². The Kier molecular flexibility index (Phi) is 10.5. The molecule has 1 aromatic heterocycles. The van der Waals surface area contributed by atoms with Gasteiger partial charge in [0.05, 0.1) is 24.2 Å². The molecule has 2 aromatic rings. The lowest BCUT2D eigenvalue weighted by Gasteiger charge is -2.34. The van der Waals surface area contributed by atoms with Gasteiger partial charge in [-0.15, -0.1) is 0 Å². The highest BCUT2D eigenvalue weighted by Crippen LogP contribution is 2.17. The summed E-state index contributed by atoms with van der Waals surface area (Å²) in [6, 6.07) is 10.9. The van der Waals surface area contributed by atoms with E-state index < -0.39 is 36.4 Å². The third kappa shape index (κ3) is 9.45. The first-order valence-corrected chi connectivity index (χ1v) is 11.9. The van der Waals surface area contributed by atoms with Crippen molar-refractivity contribution < 1.29 is 34.8 Å². The second kappa shape index (κ2) is 13.1. The third-order valence-corrected chi connectivity index (χ3v) is 5.81. The molecule has 2 heterocycles. The van der Waals surface area contributed by atoms with Crippen molar-refractivity contribution in [2.24, 2.45) is 0 Å². The summed E-state index contributed by atoms with van der Waals surface area (Å²) in [6.45, 7) is 16.8. The number of aliphatic hydroxyl groups is 1. The smallest absolute Gasteiger partial charge is 0.336 e. The first-order chi connectivity index (χ1) is 17.3. The molecule has 0 unspecified atom stereocenters. The molecule has 0 radical (unpaired) electrons. The average Bonchev–Trinajstić information content (AvgIpc) is 3.12. The monoisotopic (exact) mass is 516 g/mol. The van der Waals surface area contributed by atoms with Gasteiger partial charge >= 0.3 is 17.9 Å². The molecule has 0 atom stereocenters. The number of aliphatic carboxylic acids is 3. The highest BCUT2D eigenvalue weighted by Gasteiger charge is 2.40. The van der Waals surface area contributed by atoms with Crippen molar-refractivity contribution in [3.8, 4) is 5.69 Å². The number of carboxylic acid groups (broad SMARTS) is 3. The van der Waals surface area contributed by atoms with Gasteiger partial charge in [0, 0.05) is 45.0 Å². The summed E-state index contributed by atoms with van der Waals surface area (Å²) in [5, 5.41) is 38.4. The van der Waals surface area contributed by atoms with Crippen LogP contribution in [0.5, 0.6) is 0 Å². The van der Waals surface area contributed by atoms with Crippen LogP contribution in [-0.4, -0.2) is 96.2 Å². The van der Waals surface area contributed by atoms with E-state index in [2.05, 4.69) is 65.7 Å². The number of carbonyl (C=O) groups is 3. The number of piperazine rings is 1. The maximum Gasteiger partial charge on any atom is 0.336 e. The Hall–Kier alpha value is -3.54. The van der Waals surface area contributed by atoms with Gasteiger partial charge in [-0.25, -0.2) is 9.48 Å². The Balaban J connectivity index is 0.000000317. The number of aromatic nitrogens is 2. The number of nitrogens with zero attached hydrogens (tertiary/aromatic N) is 4. The quantitative estimate of drug-likeness (QED) is 0.344. The lowest BCUT2D eigenvalue weighted by molar-refractivity contribution is -0.170. The molecule has 4 N–H and O–H groups in total. The molecule has 0 bridgehead atoms. The van der Waals surface area contributed by atoms with Crippen LogP contribution in [-0.2, 0) is 20.9 Å². The van der Waals surface area contributed by atoms with E-state index in [9.17, 15) is 14.4 Å². The van der Waals surface area contributed by atoms with Crippen molar-refractivity contribution in [2.45, 2.75) is 45.8 Å². The Morgan fingerprint density at radius 1 is 0.973 bits per heavy atom. The van der Waals surface area contributed by atoms with Crippen molar-refractivity contribution in [3.63, 3.8) is 0 Å². The molecule has 1 aromatic carbocycles. The molecule has 0 aliphatic carbocycles. The number of aryl methyl sites for hydroxylation is 2. The van der Waals surface area contributed by atoms with Crippen LogP contribution in [0.3, 0.4) is 0 Å². The SMILES string of the molecule is C=C(C)CN1CCN(Cc2cccc(-n3nc(C)cc3C)c2)CC1.O=C(O)CC(O)(CC(=O)O)C(=O)O. The normalized spacial score (nSPS) is 14.5. The van der Waals surface area contributed by atoms with Crippen LogP contribution < -0.4 is 0 Å². The topological polar surface area (TPSA) is 156 Å². The molecule has 1 saturated heterocycles. The predicted molar refractivity (Wildman–Crippen MR) is 137 cm³/mol. The number of carboxylic acids is 3. The number of benzene rings is 1. The highest BCUT2D eigenvalue weighted by atomic mass is 16.4. The zero-order valence-electron chi connectivity index (χ0n) is 21.6. The van der Waals surface area contributed by atoms with E-state index in [0.717, 1.165) is 50.6 Å². The largest absolute Gasteiger partial charge is 0.481 e. The van der Waals surface area contributed by atoms with E-state index in [4.69, 9.17) is 20.4 Å². The van der Waals surface area contributed by atoms with E-state index in [1.54, 1.807) is 0 Å². The average molecular weight is 517 g/mol. The summed E-state index contributed by atoms with van der Waals surface area (Å²) >= 11 is 0. The Bertz CT molecular complexity index is 1100. The fraction of sp³-hybridized carbons (Fsp3) is 0.462. The van der Waals surface area contributed by atoms with Gasteiger partial charge in [0.15, 0.2) is 5.60 Å². The van der Waals surface area contributed by atoms with Crippen LogP contribution in [0.4, 0.5) is 0 Å². The molecule has 3 rings (SSSR count). The van der Waals surface area contributed by atoms with Gasteiger partial charge in [-0.2, -0.15) is 5.10 Å². The van der Waals surface area contributed by atoms with Gasteiger partial charge in [-0.1, -0.05) is 24.3 Å². The Morgan fingerprint density at radius 3 is 2.00 bits per heavy atom. The summed E-state index contributed by atoms with van der Waals surface area (Å²) in [5.74, 6) is -5.02. The van der Waals surface area contributed by atoms with Crippen molar-refractivity contribution in [1.29, 1.82) is 0 Å². The van der Waals surface area contributed by atoms with Crippen LogP contribution >= 0.6 is 0 Å². The lowest BCUT2D eigenvalue weighted by Crippen LogP contribution is -2.46. The summed E-state index contributed by atoms with van der Waals surface area (Å²) < 4.78 is 2.03. The van der Waals surface area contributed by atoms with Gasteiger partial charge in [0.25, 0.3) is 0 Å². The van der Waals surface area contributed by atoms with E-state index in [1.165, 1.54) is 16.8 Å². The third-order valence-electron chi connectivity index (χ3n) is 5.81. The summed E-state index contributed by atoms with van der Waals surface area (Å²) in [4.78, 5) is 35.5. The standard InChI is InChI=1S/C20H28N4.C6H8O7/c1-16(2)14-22-8-10-23(11-9-22)15-19-6-5-7-20(13-19)24-18(4)12-17(3)21-24;7-3(8)1-6(13,5(11)12)2-4(9)10/h5-7,12-13H,1,8-11,14-15H2,2-4H3;13H,1-2H2,(H,7,8)(H,9,10)(H,11,12). The molecule has 202 valence electrons. The molecule has 0 spiro atoms. The molecule has 1 aliphatic rings. The molecule has 1 aliphatic heterocycles. The predicted octanol–water partition coefficient (Wildman–Crippen LogP) is 1.93. The minimum absolute atomic E-state index is 1.01. The van der Waals surface area contributed by atoms with Crippen molar-refractivity contribution in [1.82, 2.24) is 19.6 Å². The maximum absolute atomic E-state index is 10.3. The zero-order valence-corrected chi connectivity index (χ0v) is 21.6. The summed E-state index contributed by atoms with van der Waals surface area (Å²) in [7, 11) is 0. The fourth-order valence-electron chi connectivity index (χ4n) is 4.14. The van der Waals surface area contributed by atoms with Gasteiger partial charge in [0.1, 0.15) is 0 Å². The van der Waals surface area contributed by atoms with E-state index in [1.807, 2.05) is 11.6 Å². The summed E-state index contributed by atoms with van der Waals surface area (Å²) in [6.07, 6.45) is -2.29. The van der Waals surface area contributed by atoms with Crippen molar-refractivity contribution >= 4 is 17.9 Å². The number of hydrogen-bond acceptors (Lipinski definition) is 7. The first-order valence-electron chi connectivity index (χ1n) is 11.9. The lowest BCUT2D eigenvalue weighted by atomic mass is 9.96. The number of hydrogen-bond donors (Lipinski definition) is 4. The maximum atomic E-state index is 10.3. The molecule has 37 heavy (non-hydrogen) atoms. The zero-order chi connectivity index (χ0) is 27.8.